The lowest BCUT2D eigenvalue weighted by Gasteiger charge is -2.07. The molecule has 0 bridgehead atoms. The molecule has 4 N–H and O–H groups in total. The fourth-order valence-electron chi connectivity index (χ4n) is 1.11. The fourth-order valence-corrected chi connectivity index (χ4v) is 1.11. The first kappa shape index (κ1) is 11.6. The van der Waals surface area contributed by atoms with Crippen molar-refractivity contribution in [1.82, 2.24) is 0 Å². The zero-order valence-electron chi connectivity index (χ0n) is 7.88. The van der Waals surface area contributed by atoms with Crippen LogP contribution in [-0.2, 0) is 4.79 Å². The Morgan fingerprint density at radius 3 is 2.50 bits per heavy atom. The number of rotatable bonds is 7. The standard InChI is InChI=1S/C9H20N2O/c1-2-9(12)8(11)6-4-3-5-7-10/h8H,2-7,10-11H2,1H3. The molecule has 0 aromatic heterocycles. The molecule has 0 saturated heterocycles. The van der Waals surface area contributed by atoms with Crippen LogP contribution in [0.15, 0.2) is 0 Å². The summed E-state index contributed by atoms with van der Waals surface area (Å²) in [5.74, 6) is 0.169. The number of hydrogen-bond acceptors (Lipinski definition) is 3. The highest BCUT2D eigenvalue weighted by atomic mass is 16.1. The van der Waals surface area contributed by atoms with E-state index in [1.807, 2.05) is 6.92 Å². The molecule has 0 aromatic carbocycles. The van der Waals surface area contributed by atoms with Gasteiger partial charge in [0.05, 0.1) is 6.04 Å². The molecule has 3 nitrogen and oxygen atoms in total. The predicted octanol–water partition coefficient (Wildman–Crippen LogP) is 0.812. The SMILES string of the molecule is CCC(=O)C(N)CCCCCN. The van der Waals surface area contributed by atoms with Crippen molar-refractivity contribution >= 4 is 5.78 Å². The Hall–Kier alpha value is -0.410. The Morgan fingerprint density at radius 2 is 2.00 bits per heavy atom. The third-order valence-corrected chi connectivity index (χ3v) is 1.98. The van der Waals surface area contributed by atoms with E-state index in [1.165, 1.54) is 0 Å². The zero-order valence-corrected chi connectivity index (χ0v) is 7.88. The van der Waals surface area contributed by atoms with Crippen molar-refractivity contribution in [1.29, 1.82) is 0 Å². The minimum atomic E-state index is -0.243. The number of Topliss-reactive ketones (excluding diaryl/α,β-unsaturated/α-hetero) is 1. The molecular formula is C9H20N2O. The third-order valence-electron chi connectivity index (χ3n) is 1.98. The van der Waals surface area contributed by atoms with Crippen molar-refractivity contribution in [2.75, 3.05) is 6.54 Å². The van der Waals surface area contributed by atoms with E-state index < -0.39 is 0 Å². The van der Waals surface area contributed by atoms with Crippen LogP contribution in [-0.4, -0.2) is 18.4 Å². The van der Waals surface area contributed by atoms with E-state index in [9.17, 15) is 4.79 Å². The second-order valence-corrected chi connectivity index (χ2v) is 3.06. The first-order chi connectivity index (χ1) is 5.72. The molecule has 1 atom stereocenters. The molecule has 72 valence electrons. The maximum absolute atomic E-state index is 11.0. The molecule has 1 unspecified atom stereocenters. The summed E-state index contributed by atoms with van der Waals surface area (Å²) >= 11 is 0. The number of carbonyl (C=O) groups is 1. The molecule has 0 aliphatic carbocycles. The Labute approximate surface area is 74.5 Å². The minimum absolute atomic E-state index is 0.169. The number of hydrogen-bond donors (Lipinski definition) is 2. The van der Waals surface area contributed by atoms with Crippen molar-refractivity contribution in [2.45, 2.75) is 45.1 Å². The number of unbranched alkanes of at least 4 members (excludes halogenated alkanes) is 2. The predicted molar refractivity (Wildman–Crippen MR) is 50.8 cm³/mol. The second kappa shape index (κ2) is 7.25. The van der Waals surface area contributed by atoms with Gasteiger partial charge < -0.3 is 11.5 Å². The molecule has 0 aliphatic heterocycles. The van der Waals surface area contributed by atoms with E-state index in [0.29, 0.717) is 6.42 Å². The van der Waals surface area contributed by atoms with Crippen LogP contribution in [0.1, 0.15) is 39.0 Å². The summed E-state index contributed by atoms with van der Waals surface area (Å²) in [6.07, 6.45) is 4.50. The number of ketones is 1. The van der Waals surface area contributed by atoms with Crippen LogP contribution >= 0.6 is 0 Å². The van der Waals surface area contributed by atoms with Gasteiger partial charge in [0, 0.05) is 6.42 Å². The van der Waals surface area contributed by atoms with Gasteiger partial charge in [-0.25, -0.2) is 0 Å². The highest BCUT2D eigenvalue weighted by Crippen LogP contribution is 2.03. The lowest BCUT2D eigenvalue weighted by Crippen LogP contribution is -2.29. The van der Waals surface area contributed by atoms with Crippen LogP contribution in [0.2, 0.25) is 0 Å². The Balaban J connectivity index is 3.31. The highest BCUT2D eigenvalue weighted by Gasteiger charge is 2.09. The Kier molecular flexibility index (Phi) is 7.00. The van der Waals surface area contributed by atoms with Crippen molar-refractivity contribution in [3.63, 3.8) is 0 Å². The van der Waals surface area contributed by atoms with Crippen LogP contribution in [0.3, 0.4) is 0 Å². The average molecular weight is 172 g/mol. The van der Waals surface area contributed by atoms with E-state index in [4.69, 9.17) is 11.5 Å². The minimum Gasteiger partial charge on any atom is -0.330 e. The van der Waals surface area contributed by atoms with Gasteiger partial charge in [-0.15, -0.1) is 0 Å². The molecule has 12 heavy (non-hydrogen) atoms. The second-order valence-electron chi connectivity index (χ2n) is 3.06. The molecule has 0 rings (SSSR count). The summed E-state index contributed by atoms with van der Waals surface area (Å²) in [5, 5.41) is 0. The van der Waals surface area contributed by atoms with Crippen LogP contribution in [0.25, 0.3) is 0 Å². The van der Waals surface area contributed by atoms with E-state index >= 15 is 0 Å². The lowest BCUT2D eigenvalue weighted by atomic mass is 10.0. The van der Waals surface area contributed by atoms with Gasteiger partial charge in [-0.1, -0.05) is 19.8 Å². The molecule has 0 fully saturated rings. The topological polar surface area (TPSA) is 69.1 Å². The van der Waals surface area contributed by atoms with E-state index in [1.54, 1.807) is 0 Å². The summed E-state index contributed by atoms with van der Waals surface area (Å²) in [4.78, 5) is 11.0. The van der Waals surface area contributed by atoms with Gasteiger partial charge in [-0.05, 0) is 19.4 Å². The van der Waals surface area contributed by atoms with Gasteiger partial charge in [0.2, 0.25) is 0 Å². The summed E-state index contributed by atoms with van der Waals surface area (Å²) in [6.45, 7) is 2.58. The van der Waals surface area contributed by atoms with E-state index in [-0.39, 0.29) is 11.8 Å². The molecule has 3 heteroatoms. The summed E-state index contributed by atoms with van der Waals surface area (Å²) in [5.41, 5.74) is 11.0. The van der Waals surface area contributed by atoms with Gasteiger partial charge >= 0.3 is 0 Å². The molecule has 0 spiro atoms. The summed E-state index contributed by atoms with van der Waals surface area (Å²) in [7, 11) is 0. The number of nitrogens with two attached hydrogens (primary N) is 2. The van der Waals surface area contributed by atoms with Crippen molar-refractivity contribution < 1.29 is 4.79 Å². The van der Waals surface area contributed by atoms with E-state index in [2.05, 4.69) is 0 Å². The quantitative estimate of drug-likeness (QED) is 0.558. The fraction of sp³-hybridized carbons (Fsp3) is 0.889. The first-order valence-corrected chi connectivity index (χ1v) is 4.70. The van der Waals surface area contributed by atoms with Crippen LogP contribution in [0.5, 0.6) is 0 Å². The molecule has 0 aliphatic rings. The molecule has 0 saturated carbocycles. The molecular weight excluding hydrogens is 152 g/mol. The molecule has 0 aromatic rings. The van der Waals surface area contributed by atoms with Gasteiger partial charge in [0.1, 0.15) is 5.78 Å². The van der Waals surface area contributed by atoms with Crippen LogP contribution in [0, 0.1) is 0 Å². The molecule has 0 heterocycles. The first-order valence-electron chi connectivity index (χ1n) is 4.70. The number of carbonyl (C=O) groups excluding carboxylic acids is 1. The smallest absolute Gasteiger partial charge is 0.149 e. The normalized spacial score (nSPS) is 12.9. The van der Waals surface area contributed by atoms with Crippen molar-refractivity contribution in [2.24, 2.45) is 11.5 Å². The van der Waals surface area contributed by atoms with Crippen LogP contribution in [0.4, 0.5) is 0 Å². The molecule has 0 radical (unpaired) electrons. The van der Waals surface area contributed by atoms with Crippen molar-refractivity contribution in [3.8, 4) is 0 Å². The average Bonchev–Trinajstić information content (AvgIpc) is 2.10. The Morgan fingerprint density at radius 1 is 1.33 bits per heavy atom. The third kappa shape index (κ3) is 5.27. The van der Waals surface area contributed by atoms with Gasteiger partial charge in [-0.3, -0.25) is 4.79 Å². The maximum Gasteiger partial charge on any atom is 0.149 e. The largest absolute Gasteiger partial charge is 0.330 e. The van der Waals surface area contributed by atoms with E-state index in [0.717, 1.165) is 32.2 Å². The summed E-state index contributed by atoms with van der Waals surface area (Å²) in [6, 6.07) is -0.243. The summed E-state index contributed by atoms with van der Waals surface area (Å²) < 4.78 is 0. The highest BCUT2D eigenvalue weighted by molar-refractivity contribution is 5.83. The Bertz CT molecular complexity index is 126. The monoisotopic (exact) mass is 172 g/mol. The molecule has 0 amide bonds. The zero-order chi connectivity index (χ0) is 9.40. The van der Waals surface area contributed by atoms with Gasteiger partial charge in [-0.2, -0.15) is 0 Å². The lowest BCUT2D eigenvalue weighted by molar-refractivity contribution is -0.120. The van der Waals surface area contributed by atoms with Crippen LogP contribution < -0.4 is 11.5 Å². The van der Waals surface area contributed by atoms with Crippen molar-refractivity contribution in [3.05, 3.63) is 0 Å². The van der Waals surface area contributed by atoms with Gasteiger partial charge in [0.15, 0.2) is 0 Å². The van der Waals surface area contributed by atoms with Gasteiger partial charge in [0.25, 0.3) is 0 Å². The maximum atomic E-state index is 11.0.